The van der Waals surface area contributed by atoms with Crippen molar-refractivity contribution >= 4 is 23.3 Å². The molecule has 0 saturated heterocycles. The van der Waals surface area contributed by atoms with Crippen LogP contribution in [0.2, 0.25) is 0 Å². The van der Waals surface area contributed by atoms with Crippen molar-refractivity contribution in [1.82, 2.24) is 18.5 Å². The highest BCUT2D eigenvalue weighted by molar-refractivity contribution is 6.99. The average Bonchev–Trinajstić information content (AvgIpc) is 3.37. The molecular formula is C22H21N5O2S. The van der Waals surface area contributed by atoms with Gasteiger partial charge < -0.3 is 10.1 Å². The third kappa shape index (κ3) is 4.90. The van der Waals surface area contributed by atoms with Gasteiger partial charge in [0.1, 0.15) is 18.1 Å². The first-order valence-electron chi connectivity index (χ1n) is 9.47. The normalized spacial score (nSPS) is 10.7. The van der Waals surface area contributed by atoms with E-state index in [9.17, 15) is 4.79 Å². The molecule has 0 spiro atoms. The SMILES string of the molecule is Cc1ccc(Cn2cc(NC(=O)c3cccc(OCc4nsnc4C)c3)cn2)cc1. The Labute approximate surface area is 178 Å². The molecule has 2 heterocycles. The van der Waals surface area contributed by atoms with E-state index >= 15 is 0 Å². The van der Waals surface area contributed by atoms with Gasteiger partial charge in [-0.05, 0) is 37.6 Å². The Kier molecular flexibility index (Phi) is 5.85. The number of nitrogens with zero attached hydrogens (tertiary/aromatic N) is 4. The Morgan fingerprint density at radius 1 is 1.13 bits per heavy atom. The third-order valence-corrected chi connectivity index (χ3v) is 5.23. The number of rotatable bonds is 7. The highest BCUT2D eigenvalue weighted by Crippen LogP contribution is 2.17. The van der Waals surface area contributed by atoms with E-state index in [4.69, 9.17) is 4.74 Å². The van der Waals surface area contributed by atoms with Crippen molar-refractivity contribution in [1.29, 1.82) is 0 Å². The molecule has 8 heteroatoms. The summed E-state index contributed by atoms with van der Waals surface area (Å²) in [6, 6.07) is 15.3. The highest BCUT2D eigenvalue weighted by Gasteiger charge is 2.10. The first-order chi connectivity index (χ1) is 14.6. The summed E-state index contributed by atoms with van der Waals surface area (Å²) in [5.41, 5.74) is 5.18. The van der Waals surface area contributed by atoms with E-state index < -0.39 is 0 Å². The lowest BCUT2D eigenvalue weighted by Gasteiger charge is -2.07. The molecule has 0 saturated carbocycles. The molecule has 0 aliphatic heterocycles. The Hall–Kier alpha value is -3.52. The van der Waals surface area contributed by atoms with Gasteiger partial charge in [-0.3, -0.25) is 9.48 Å². The van der Waals surface area contributed by atoms with Crippen molar-refractivity contribution in [2.24, 2.45) is 0 Å². The van der Waals surface area contributed by atoms with E-state index in [1.807, 2.05) is 19.2 Å². The first kappa shape index (κ1) is 19.8. The van der Waals surface area contributed by atoms with E-state index in [0.717, 1.165) is 28.7 Å². The van der Waals surface area contributed by atoms with Gasteiger partial charge in [0.25, 0.3) is 5.91 Å². The van der Waals surface area contributed by atoms with Crippen LogP contribution in [0.3, 0.4) is 0 Å². The number of carbonyl (C=O) groups excluding carboxylic acids is 1. The average molecular weight is 420 g/mol. The number of carbonyl (C=O) groups is 1. The number of anilines is 1. The van der Waals surface area contributed by atoms with Crippen LogP contribution in [0, 0.1) is 13.8 Å². The lowest BCUT2D eigenvalue weighted by atomic mass is 10.1. The Balaban J connectivity index is 1.37. The molecule has 152 valence electrons. The monoisotopic (exact) mass is 419 g/mol. The number of ether oxygens (including phenoxy) is 1. The molecule has 4 aromatic rings. The van der Waals surface area contributed by atoms with Crippen LogP contribution in [-0.4, -0.2) is 24.4 Å². The summed E-state index contributed by atoms with van der Waals surface area (Å²) < 4.78 is 15.9. The number of nitrogens with one attached hydrogen (secondary N) is 1. The van der Waals surface area contributed by atoms with E-state index in [1.54, 1.807) is 29.1 Å². The summed E-state index contributed by atoms with van der Waals surface area (Å²) in [5.74, 6) is 0.381. The molecule has 0 bridgehead atoms. The second-order valence-corrected chi connectivity index (χ2v) is 7.51. The molecule has 2 aromatic heterocycles. The second-order valence-electron chi connectivity index (χ2n) is 6.98. The summed E-state index contributed by atoms with van der Waals surface area (Å²) in [6.07, 6.45) is 3.46. The molecule has 0 radical (unpaired) electrons. The van der Waals surface area contributed by atoms with Crippen LogP contribution in [0.4, 0.5) is 5.69 Å². The van der Waals surface area contributed by atoms with Crippen LogP contribution in [0.1, 0.15) is 32.9 Å². The standard InChI is InChI=1S/C22H21N5O2S/c1-15-6-8-17(9-7-15)12-27-13-19(11-23-27)24-22(28)18-4-3-5-20(10-18)29-14-21-16(2)25-30-26-21/h3-11,13H,12,14H2,1-2H3,(H,24,28). The predicted octanol–water partition coefficient (Wildman–Crippen LogP) is 4.23. The van der Waals surface area contributed by atoms with Gasteiger partial charge in [0.2, 0.25) is 0 Å². The van der Waals surface area contributed by atoms with Crippen molar-refractivity contribution in [2.75, 3.05) is 5.32 Å². The molecule has 2 aromatic carbocycles. The zero-order valence-corrected chi connectivity index (χ0v) is 17.5. The van der Waals surface area contributed by atoms with E-state index in [0.29, 0.717) is 30.2 Å². The van der Waals surface area contributed by atoms with Crippen molar-refractivity contribution in [2.45, 2.75) is 27.0 Å². The minimum atomic E-state index is -0.221. The van der Waals surface area contributed by atoms with Crippen molar-refractivity contribution < 1.29 is 9.53 Å². The van der Waals surface area contributed by atoms with Gasteiger partial charge in [-0.1, -0.05) is 35.9 Å². The van der Waals surface area contributed by atoms with Crippen LogP contribution in [-0.2, 0) is 13.2 Å². The summed E-state index contributed by atoms with van der Waals surface area (Å²) in [4.78, 5) is 12.6. The summed E-state index contributed by atoms with van der Waals surface area (Å²) >= 11 is 1.16. The number of aromatic nitrogens is 4. The van der Waals surface area contributed by atoms with Gasteiger partial charge in [0.15, 0.2) is 0 Å². The molecule has 0 aliphatic rings. The molecular weight excluding hydrogens is 398 g/mol. The van der Waals surface area contributed by atoms with Gasteiger partial charge in [-0.2, -0.15) is 13.8 Å². The summed E-state index contributed by atoms with van der Waals surface area (Å²) in [6.45, 7) is 4.91. The van der Waals surface area contributed by atoms with Crippen LogP contribution in [0.5, 0.6) is 5.75 Å². The fourth-order valence-electron chi connectivity index (χ4n) is 2.86. The topological polar surface area (TPSA) is 81.9 Å². The zero-order chi connectivity index (χ0) is 20.9. The minimum Gasteiger partial charge on any atom is -0.487 e. The summed E-state index contributed by atoms with van der Waals surface area (Å²) in [5, 5.41) is 7.21. The fraction of sp³-hybridized carbons (Fsp3) is 0.182. The maximum Gasteiger partial charge on any atom is 0.255 e. The highest BCUT2D eigenvalue weighted by atomic mass is 32.1. The van der Waals surface area contributed by atoms with Crippen LogP contribution < -0.4 is 10.1 Å². The minimum absolute atomic E-state index is 0.221. The molecule has 0 unspecified atom stereocenters. The number of amides is 1. The maximum atomic E-state index is 12.6. The number of aryl methyl sites for hydroxylation is 2. The molecule has 4 rings (SSSR count). The number of benzene rings is 2. The van der Waals surface area contributed by atoms with E-state index in [-0.39, 0.29) is 5.91 Å². The summed E-state index contributed by atoms with van der Waals surface area (Å²) in [7, 11) is 0. The van der Waals surface area contributed by atoms with Crippen molar-refractivity contribution in [3.05, 3.63) is 89.0 Å². The fourth-order valence-corrected chi connectivity index (χ4v) is 3.41. The van der Waals surface area contributed by atoms with Crippen molar-refractivity contribution in [3.8, 4) is 5.75 Å². The molecule has 0 atom stereocenters. The lowest BCUT2D eigenvalue weighted by molar-refractivity contribution is 0.102. The van der Waals surface area contributed by atoms with Crippen LogP contribution in [0.25, 0.3) is 0 Å². The first-order valence-corrected chi connectivity index (χ1v) is 10.2. The largest absolute Gasteiger partial charge is 0.487 e. The number of hydrogen-bond acceptors (Lipinski definition) is 6. The second kappa shape index (κ2) is 8.87. The van der Waals surface area contributed by atoms with Gasteiger partial charge in [-0.25, -0.2) is 0 Å². The van der Waals surface area contributed by atoms with Crippen LogP contribution >= 0.6 is 11.7 Å². The zero-order valence-electron chi connectivity index (χ0n) is 16.7. The Morgan fingerprint density at radius 2 is 1.97 bits per heavy atom. The van der Waals surface area contributed by atoms with Gasteiger partial charge >= 0.3 is 0 Å². The quantitative estimate of drug-likeness (QED) is 0.485. The Morgan fingerprint density at radius 3 is 2.73 bits per heavy atom. The molecule has 0 fully saturated rings. The molecule has 30 heavy (non-hydrogen) atoms. The van der Waals surface area contributed by atoms with Crippen molar-refractivity contribution in [3.63, 3.8) is 0 Å². The number of hydrogen-bond donors (Lipinski definition) is 1. The molecule has 1 N–H and O–H groups in total. The van der Waals surface area contributed by atoms with Gasteiger partial charge in [0.05, 0.1) is 35.9 Å². The smallest absolute Gasteiger partial charge is 0.255 e. The van der Waals surface area contributed by atoms with Crippen LogP contribution in [0.15, 0.2) is 60.9 Å². The molecule has 1 amide bonds. The van der Waals surface area contributed by atoms with Gasteiger partial charge in [-0.15, -0.1) is 0 Å². The van der Waals surface area contributed by atoms with Gasteiger partial charge in [0, 0.05) is 11.8 Å². The van der Waals surface area contributed by atoms with E-state index in [1.165, 1.54) is 5.56 Å². The van der Waals surface area contributed by atoms with E-state index in [2.05, 4.69) is 50.4 Å². The predicted molar refractivity (Wildman–Crippen MR) is 116 cm³/mol. The molecule has 7 nitrogen and oxygen atoms in total. The lowest BCUT2D eigenvalue weighted by Crippen LogP contribution is -2.11. The third-order valence-electron chi connectivity index (χ3n) is 4.57. The maximum absolute atomic E-state index is 12.6. The molecule has 0 aliphatic carbocycles. The Bertz CT molecular complexity index is 1150.